The lowest BCUT2D eigenvalue weighted by Crippen LogP contribution is -2.45. The molecule has 2 atom stereocenters. The van der Waals surface area contributed by atoms with Crippen molar-refractivity contribution >= 4 is 5.91 Å². The molecule has 4 nitrogen and oxygen atoms in total. The number of hydrogen-bond donors (Lipinski definition) is 3. The van der Waals surface area contributed by atoms with Crippen molar-refractivity contribution in [1.82, 2.24) is 5.32 Å². The molecular weight excluding hydrogens is 963 g/mol. The summed E-state index contributed by atoms with van der Waals surface area (Å²) in [5.41, 5.74) is 0. The molecule has 0 heterocycles. The van der Waals surface area contributed by atoms with E-state index in [0.717, 1.165) is 64.2 Å². The fourth-order valence-corrected chi connectivity index (χ4v) is 10.8. The first-order valence-corrected chi connectivity index (χ1v) is 35.3. The van der Waals surface area contributed by atoms with E-state index in [1.165, 1.54) is 283 Å². The third-order valence-corrected chi connectivity index (χ3v) is 16.1. The van der Waals surface area contributed by atoms with Gasteiger partial charge in [-0.05, 0) is 83.5 Å². The fraction of sp³-hybridized carbons (Fsp3) is 0.800. The summed E-state index contributed by atoms with van der Waals surface area (Å²) >= 11 is 0. The van der Waals surface area contributed by atoms with Gasteiger partial charge in [0.15, 0.2) is 0 Å². The van der Waals surface area contributed by atoms with Crippen LogP contribution in [0.5, 0.6) is 0 Å². The molecule has 0 aromatic carbocycles. The number of rotatable bonds is 65. The van der Waals surface area contributed by atoms with E-state index in [1.54, 1.807) is 6.08 Å². The van der Waals surface area contributed by atoms with Gasteiger partial charge in [-0.1, -0.05) is 362 Å². The van der Waals surface area contributed by atoms with E-state index in [4.69, 9.17) is 0 Å². The number of aliphatic hydroxyl groups excluding tert-OH is 2. The van der Waals surface area contributed by atoms with Crippen molar-refractivity contribution in [3.8, 4) is 0 Å². The van der Waals surface area contributed by atoms with Crippen molar-refractivity contribution in [3.05, 3.63) is 85.1 Å². The topological polar surface area (TPSA) is 69.6 Å². The van der Waals surface area contributed by atoms with Crippen molar-refractivity contribution in [2.24, 2.45) is 0 Å². The molecule has 0 rings (SSSR count). The predicted octanol–water partition coefficient (Wildman–Crippen LogP) is 24.2. The molecule has 1 amide bonds. The molecule has 0 saturated heterocycles. The quantitative estimate of drug-likeness (QED) is 0.0420. The highest BCUT2D eigenvalue weighted by Crippen LogP contribution is 2.18. The average Bonchev–Trinajstić information content (AvgIpc) is 3.45. The van der Waals surface area contributed by atoms with Crippen molar-refractivity contribution in [2.75, 3.05) is 6.61 Å². The second kappa shape index (κ2) is 69.8. The Morgan fingerprint density at radius 1 is 0.316 bits per heavy atom. The summed E-state index contributed by atoms with van der Waals surface area (Å²) in [4.78, 5) is 12.5. The Morgan fingerprint density at radius 3 is 0.886 bits per heavy atom. The zero-order valence-corrected chi connectivity index (χ0v) is 53.1. The van der Waals surface area contributed by atoms with E-state index in [2.05, 4.69) is 92.1 Å². The molecule has 2 unspecified atom stereocenters. The summed E-state index contributed by atoms with van der Waals surface area (Å²) in [6.07, 6.45) is 103. The lowest BCUT2D eigenvalue weighted by molar-refractivity contribution is -0.123. The van der Waals surface area contributed by atoms with Crippen LogP contribution in [0.15, 0.2) is 85.1 Å². The maximum Gasteiger partial charge on any atom is 0.220 e. The Labute approximate surface area is 494 Å². The van der Waals surface area contributed by atoms with Crippen LogP contribution in [-0.2, 0) is 4.79 Å². The molecule has 0 aromatic heterocycles. The Morgan fingerprint density at radius 2 is 0.570 bits per heavy atom. The van der Waals surface area contributed by atoms with E-state index in [9.17, 15) is 15.0 Å². The second-order valence-electron chi connectivity index (χ2n) is 23.9. The molecule has 0 spiro atoms. The van der Waals surface area contributed by atoms with Gasteiger partial charge in [-0.3, -0.25) is 4.79 Å². The number of allylic oxidation sites excluding steroid dienone is 13. The first-order valence-electron chi connectivity index (χ1n) is 35.3. The molecular formula is C75H137NO3. The maximum atomic E-state index is 12.5. The number of carbonyl (C=O) groups is 1. The first-order chi connectivity index (χ1) is 39.2. The van der Waals surface area contributed by atoms with Gasteiger partial charge in [-0.2, -0.15) is 0 Å². The van der Waals surface area contributed by atoms with Crippen LogP contribution >= 0.6 is 0 Å². The molecule has 4 heteroatoms. The smallest absolute Gasteiger partial charge is 0.220 e. The molecule has 0 fully saturated rings. The number of carbonyl (C=O) groups excluding carboxylic acids is 1. The van der Waals surface area contributed by atoms with Gasteiger partial charge in [-0.15, -0.1) is 0 Å². The Balaban J connectivity index is 3.48. The summed E-state index contributed by atoms with van der Waals surface area (Å²) < 4.78 is 0. The zero-order chi connectivity index (χ0) is 56.9. The molecule has 0 radical (unpaired) electrons. The largest absolute Gasteiger partial charge is 0.394 e. The van der Waals surface area contributed by atoms with E-state index in [-0.39, 0.29) is 12.5 Å². The molecule has 3 N–H and O–H groups in total. The maximum absolute atomic E-state index is 12.5. The van der Waals surface area contributed by atoms with Gasteiger partial charge in [0.2, 0.25) is 5.91 Å². The average molecular weight is 1100 g/mol. The van der Waals surface area contributed by atoms with Gasteiger partial charge in [0, 0.05) is 6.42 Å². The van der Waals surface area contributed by atoms with Crippen LogP contribution in [0.2, 0.25) is 0 Å². The highest BCUT2D eigenvalue weighted by atomic mass is 16.3. The summed E-state index contributed by atoms with van der Waals surface area (Å²) in [6, 6.07) is -0.650. The lowest BCUT2D eigenvalue weighted by atomic mass is 10.0. The Bertz CT molecular complexity index is 1390. The van der Waals surface area contributed by atoms with E-state index >= 15 is 0 Å². The third-order valence-electron chi connectivity index (χ3n) is 16.1. The Kier molecular flexibility index (Phi) is 67.7. The third kappa shape index (κ3) is 66.3. The SMILES string of the molecule is CC/C=C\C/C=C\C/C=C\C/C=C\CCCCCCCCCCCCCCCCCCCCCCCCC(=O)NC(CO)C(O)/C=C/CC/C=C/CC/C=C/CCCCCCCCCCCCCCCCCCCCCCCC. The molecule has 0 aliphatic rings. The van der Waals surface area contributed by atoms with E-state index in [0.29, 0.717) is 6.42 Å². The normalized spacial score (nSPS) is 13.2. The summed E-state index contributed by atoms with van der Waals surface area (Å²) in [5.74, 6) is -0.0732. The minimum atomic E-state index is -0.874. The minimum absolute atomic E-state index is 0.0732. The molecule has 0 aromatic rings. The van der Waals surface area contributed by atoms with Crippen molar-refractivity contribution in [1.29, 1.82) is 0 Å². The number of aliphatic hydroxyl groups is 2. The fourth-order valence-electron chi connectivity index (χ4n) is 10.8. The summed E-state index contributed by atoms with van der Waals surface area (Å²) in [5, 5.41) is 23.3. The van der Waals surface area contributed by atoms with Crippen LogP contribution in [0.4, 0.5) is 0 Å². The van der Waals surface area contributed by atoms with Gasteiger partial charge in [-0.25, -0.2) is 0 Å². The highest BCUT2D eigenvalue weighted by Gasteiger charge is 2.18. The molecule has 0 bridgehead atoms. The van der Waals surface area contributed by atoms with Gasteiger partial charge in [0.25, 0.3) is 0 Å². The lowest BCUT2D eigenvalue weighted by Gasteiger charge is -2.19. The van der Waals surface area contributed by atoms with Gasteiger partial charge < -0.3 is 15.5 Å². The minimum Gasteiger partial charge on any atom is -0.394 e. The highest BCUT2D eigenvalue weighted by molar-refractivity contribution is 5.76. The monoisotopic (exact) mass is 1100 g/mol. The van der Waals surface area contributed by atoms with E-state index in [1.807, 2.05) is 6.08 Å². The second-order valence-corrected chi connectivity index (χ2v) is 23.9. The van der Waals surface area contributed by atoms with Crippen LogP contribution in [0.3, 0.4) is 0 Å². The van der Waals surface area contributed by atoms with Gasteiger partial charge in [0.1, 0.15) is 0 Å². The van der Waals surface area contributed by atoms with Gasteiger partial charge >= 0.3 is 0 Å². The zero-order valence-electron chi connectivity index (χ0n) is 53.1. The number of unbranched alkanes of at least 4 members (excludes halogenated alkanes) is 46. The summed E-state index contributed by atoms with van der Waals surface area (Å²) in [7, 11) is 0. The first kappa shape index (κ1) is 76.6. The number of amides is 1. The van der Waals surface area contributed by atoms with Crippen molar-refractivity contribution in [2.45, 2.75) is 379 Å². The van der Waals surface area contributed by atoms with Crippen LogP contribution in [0.25, 0.3) is 0 Å². The predicted molar refractivity (Wildman–Crippen MR) is 354 cm³/mol. The van der Waals surface area contributed by atoms with Crippen LogP contribution in [0, 0.1) is 0 Å². The van der Waals surface area contributed by atoms with Crippen LogP contribution in [0.1, 0.15) is 367 Å². The molecule has 460 valence electrons. The standard InChI is InChI=1S/C75H137NO3/c1-3-5-7-9-11-13-15-17-19-21-23-25-27-29-31-33-35-37-38-39-41-43-45-47-49-51-53-55-57-59-61-63-65-67-69-71-75(79)76-73(72-77)74(78)70-68-66-64-62-60-58-56-54-52-50-48-46-44-42-40-36-34-32-30-28-26-24-22-20-18-16-14-12-10-8-6-4-2/h5,7,11,13,17,19,23,25,52,54,60,62,68,70,73-74,77-78H,3-4,6,8-10,12,14-16,18,20-22,24,26-51,53,55-59,61,63-67,69,71-72H2,1-2H3,(H,76,79)/b7-5-,13-11-,19-17-,25-23-,54-52+,62-60+,70-68+. The number of nitrogens with one attached hydrogen (secondary N) is 1. The van der Waals surface area contributed by atoms with Crippen LogP contribution < -0.4 is 5.32 Å². The molecule has 79 heavy (non-hydrogen) atoms. The van der Waals surface area contributed by atoms with Gasteiger partial charge in [0.05, 0.1) is 18.8 Å². The number of hydrogen-bond acceptors (Lipinski definition) is 3. The van der Waals surface area contributed by atoms with Crippen molar-refractivity contribution < 1.29 is 15.0 Å². The molecule has 0 aliphatic carbocycles. The van der Waals surface area contributed by atoms with E-state index < -0.39 is 12.1 Å². The Hall–Kier alpha value is -2.43. The molecule has 0 saturated carbocycles. The summed E-state index contributed by atoms with van der Waals surface area (Å²) in [6.45, 7) is 4.22. The molecule has 0 aliphatic heterocycles. The van der Waals surface area contributed by atoms with Crippen molar-refractivity contribution in [3.63, 3.8) is 0 Å². The van der Waals surface area contributed by atoms with Crippen LogP contribution in [-0.4, -0.2) is 34.9 Å².